The number of carbonyl (C=O) groups excluding carboxylic acids is 1. The molecule has 0 aliphatic carbocycles. The molecular weight excluding hydrogens is 327 g/mol. The lowest BCUT2D eigenvalue weighted by atomic mass is 10.1. The molecule has 0 saturated carbocycles. The molecule has 2 rings (SSSR count). The van der Waals surface area contributed by atoms with Gasteiger partial charge in [0.25, 0.3) is 0 Å². The number of Topliss-reactive ketones (excluding diaryl/α,β-unsaturated/α-hetero) is 1. The van der Waals surface area contributed by atoms with Gasteiger partial charge in [0.15, 0.2) is 5.78 Å². The highest BCUT2D eigenvalue weighted by atomic mass is 127. The number of halogens is 1. The van der Waals surface area contributed by atoms with Crippen molar-refractivity contribution in [2.45, 2.75) is 5.25 Å². The van der Waals surface area contributed by atoms with E-state index in [4.69, 9.17) is 4.74 Å². The van der Waals surface area contributed by atoms with Crippen molar-refractivity contribution >= 4 is 39.2 Å². The molecule has 0 bridgehead atoms. The van der Waals surface area contributed by atoms with Crippen LogP contribution in [0.3, 0.4) is 0 Å². The zero-order chi connectivity index (χ0) is 11.0. The Hall–Kier alpha value is -0.430. The average molecular weight is 336 g/mol. The number of fused-ring (bicyclic) bond motifs is 1. The summed E-state index contributed by atoms with van der Waals surface area (Å²) in [5.41, 5.74) is 0.549. The number of ketones is 1. The van der Waals surface area contributed by atoms with Crippen LogP contribution in [0, 0.1) is 3.57 Å². The first-order valence-electron chi connectivity index (χ1n) is 4.38. The molecule has 0 saturated heterocycles. The SMILES string of the molecule is CS(=O)C1COc2ccc(I)cc2C1=O. The standard InChI is InChI=1S/C10H9IO3S/c1-15(13)9-5-14-8-3-2-6(11)4-7(8)10(9)12/h2-4,9H,5H2,1H3. The molecule has 0 amide bonds. The number of ether oxygens (including phenoxy) is 1. The minimum absolute atomic E-state index is 0.0735. The summed E-state index contributed by atoms with van der Waals surface area (Å²) in [7, 11) is -1.17. The van der Waals surface area contributed by atoms with E-state index in [1.807, 2.05) is 6.07 Å². The molecule has 15 heavy (non-hydrogen) atoms. The molecule has 1 heterocycles. The van der Waals surface area contributed by atoms with Gasteiger partial charge in [-0.25, -0.2) is 0 Å². The fraction of sp³-hybridized carbons (Fsp3) is 0.300. The molecule has 2 atom stereocenters. The summed E-state index contributed by atoms with van der Waals surface area (Å²) in [5.74, 6) is 0.526. The number of hydrogen-bond acceptors (Lipinski definition) is 3. The van der Waals surface area contributed by atoms with Crippen molar-refractivity contribution in [1.29, 1.82) is 0 Å². The van der Waals surface area contributed by atoms with Crippen LogP contribution in [-0.2, 0) is 10.8 Å². The summed E-state index contributed by atoms with van der Waals surface area (Å²) in [6.07, 6.45) is 1.53. The molecule has 80 valence electrons. The summed E-state index contributed by atoms with van der Waals surface area (Å²) in [6.45, 7) is 0.218. The smallest absolute Gasteiger partial charge is 0.185 e. The first kappa shape index (κ1) is 11.1. The van der Waals surface area contributed by atoms with Crippen LogP contribution in [0.5, 0.6) is 5.75 Å². The van der Waals surface area contributed by atoms with E-state index in [-0.39, 0.29) is 12.4 Å². The van der Waals surface area contributed by atoms with Gasteiger partial charge in [-0.1, -0.05) is 0 Å². The number of rotatable bonds is 1. The third-order valence-electron chi connectivity index (χ3n) is 2.29. The van der Waals surface area contributed by atoms with Crippen LogP contribution >= 0.6 is 22.6 Å². The zero-order valence-electron chi connectivity index (χ0n) is 8.03. The molecule has 3 nitrogen and oxygen atoms in total. The molecule has 0 fully saturated rings. The molecule has 0 aromatic heterocycles. The summed E-state index contributed by atoms with van der Waals surface area (Å²) < 4.78 is 17.7. The maximum Gasteiger partial charge on any atom is 0.185 e. The average Bonchev–Trinajstić information content (AvgIpc) is 2.19. The fourth-order valence-electron chi connectivity index (χ4n) is 1.48. The Bertz CT molecular complexity index is 444. The molecule has 5 heteroatoms. The summed E-state index contributed by atoms with van der Waals surface area (Å²) in [5, 5.41) is -0.518. The fourth-order valence-corrected chi connectivity index (χ4v) is 2.66. The van der Waals surface area contributed by atoms with Crippen molar-refractivity contribution < 1.29 is 13.7 Å². The van der Waals surface area contributed by atoms with Crippen LogP contribution in [0.1, 0.15) is 10.4 Å². The summed E-state index contributed by atoms with van der Waals surface area (Å²) >= 11 is 2.14. The maximum atomic E-state index is 11.9. The van der Waals surface area contributed by atoms with Gasteiger partial charge >= 0.3 is 0 Å². The third kappa shape index (κ3) is 2.08. The predicted molar refractivity (Wildman–Crippen MR) is 66.8 cm³/mol. The molecule has 0 N–H and O–H groups in total. The first-order valence-corrected chi connectivity index (χ1v) is 7.08. The van der Waals surface area contributed by atoms with Gasteiger partial charge in [-0.05, 0) is 40.8 Å². The molecule has 1 aromatic carbocycles. The van der Waals surface area contributed by atoms with Gasteiger partial charge in [0.2, 0.25) is 0 Å². The minimum atomic E-state index is -1.17. The topological polar surface area (TPSA) is 43.4 Å². The normalized spacial score (nSPS) is 21.7. The predicted octanol–water partition coefficient (Wildman–Crippen LogP) is 1.61. The Morgan fingerprint density at radius 1 is 1.53 bits per heavy atom. The van der Waals surface area contributed by atoms with Crippen LogP contribution in [-0.4, -0.2) is 28.1 Å². The third-order valence-corrected chi connectivity index (χ3v) is 4.11. The van der Waals surface area contributed by atoms with Gasteiger partial charge in [0.05, 0.1) is 5.56 Å². The summed E-state index contributed by atoms with van der Waals surface area (Å²) in [4.78, 5) is 11.9. The molecule has 1 aliphatic heterocycles. The lowest BCUT2D eigenvalue weighted by Gasteiger charge is -2.22. The highest BCUT2D eigenvalue weighted by molar-refractivity contribution is 14.1. The Labute approximate surface area is 104 Å². The molecule has 2 unspecified atom stereocenters. The quantitative estimate of drug-likeness (QED) is 0.732. The largest absolute Gasteiger partial charge is 0.491 e. The second kappa shape index (κ2) is 4.21. The maximum absolute atomic E-state index is 11.9. The van der Waals surface area contributed by atoms with E-state index in [1.54, 1.807) is 12.1 Å². The molecule has 1 aromatic rings. The Balaban J connectivity index is 2.45. The van der Waals surface area contributed by atoms with Crippen molar-refractivity contribution in [3.05, 3.63) is 27.3 Å². The van der Waals surface area contributed by atoms with E-state index < -0.39 is 16.0 Å². The van der Waals surface area contributed by atoms with Crippen molar-refractivity contribution in [2.75, 3.05) is 12.9 Å². The Morgan fingerprint density at radius 3 is 2.93 bits per heavy atom. The number of carbonyl (C=O) groups is 1. The van der Waals surface area contributed by atoms with E-state index in [1.165, 1.54) is 6.26 Å². The van der Waals surface area contributed by atoms with Crippen molar-refractivity contribution in [2.24, 2.45) is 0 Å². The van der Waals surface area contributed by atoms with E-state index >= 15 is 0 Å². The van der Waals surface area contributed by atoms with Crippen molar-refractivity contribution in [3.8, 4) is 5.75 Å². The van der Waals surface area contributed by atoms with Crippen LogP contribution in [0.25, 0.3) is 0 Å². The second-order valence-electron chi connectivity index (χ2n) is 3.30. The highest BCUT2D eigenvalue weighted by Crippen LogP contribution is 2.27. The molecular formula is C10H9IO3S. The molecule has 0 radical (unpaired) electrons. The van der Waals surface area contributed by atoms with Gasteiger partial charge in [0.1, 0.15) is 17.6 Å². The van der Waals surface area contributed by atoms with Crippen LogP contribution < -0.4 is 4.74 Å². The Kier molecular flexibility index (Phi) is 3.11. The van der Waals surface area contributed by atoms with Gasteiger partial charge < -0.3 is 4.74 Å². The van der Waals surface area contributed by atoms with E-state index in [2.05, 4.69) is 22.6 Å². The number of hydrogen-bond donors (Lipinski definition) is 0. The van der Waals surface area contributed by atoms with E-state index in [0.29, 0.717) is 11.3 Å². The van der Waals surface area contributed by atoms with Crippen LogP contribution in [0.15, 0.2) is 18.2 Å². The first-order chi connectivity index (χ1) is 7.09. The monoisotopic (exact) mass is 336 g/mol. The Morgan fingerprint density at radius 2 is 2.27 bits per heavy atom. The van der Waals surface area contributed by atoms with Crippen molar-refractivity contribution in [3.63, 3.8) is 0 Å². The van der Waals surface area contributed by atoms with E-state index in [0.717, 1.165) is 3.57 Å². The van der Waals surface area contributed by atoms with Crippen LogP contribution in [0.4, 0.5) is 0 Å². The van der Waals surface area contributed by atoms with E-state index in [9.17, 15) is 9.00 Å². The molecule has 1 aliphatic rings. The van der Waals surface area contributed by atoms with Gasteiger partial charge in [-0.2, -0.15) is 0 Å². The van der Waals surface area contributed by atoms with Gasteiger partial charge in [0, 0.05) is 20.6 Å². The lowest BCUT2D eigenvalue weighted by Crippen LogP contribution is -2.36. The molecule has 0 spiro atoms. The number of benzene rings is 1. The lowest BCUT2D eigenvalue weighted by molar-refractivity contribution is 0.0941. The highest BCUT2D eigenvalue weighted by Gasteiger charge is 2.31. The van der Waals surface area contributed by atoms with Gasteiger partial charge in [-0.3, -0.25) is 9.00 Å². The summed E-state index contributed by atoms with van der Waals surface area (Å²) in [6, 6.07) is 5.44. The van der Waals surface area contributed by atoms with Crippen LogP contribution in [0.2, 0.25) is 0 Å². The second-order valence-corrected chi connectivity index (χ2v) is 6.11. The van der Waals surface area contributed by atoms with Crippen molar-refractivity contribution in [1.82, 2.24) is 0 Å². The zero-order valence-corrected chi connectivity index (χ0v) is 11.0. The van der Waals surface area contributed by atoms with Gasteiger partial charge in [-0.15, -0.1) is 0 Å². The minimum Gasteiger partial charge on any atom is -0.491 e.